The molecule has 0 N–H and O–H groups in total. The lowest BCUT2D eigenvalue weighted by molar-refractivity contribution is -0.145. The van der Waals surface area contributed by atoms with E-state index in [0.29, 0.717) is 19.6 Å². The monoisotopic (exact) mass is 384 g/mol. The van der Waals surface area contributed by atoms with Crippen molar-refractivity contribution in [3.05, 3.63) is 0 Å². The number of hydrogen-bond acceptors (Lipinski definition) is 3. The quantitative estimate of drug-likeness (QED) is 0.191. The van der Waals surface area contributed by atoms with Gasteiger partial charge in [-0.2, -0.15) is 0 Å². The standard InChI is InChI=1S/C15H29IO3/c1-2-3-4-7-10-15(17)19-14-13-18-12-9-6-5-8-11-16/h2-14H2,1H3. The predicted molar refractivity (Wildman–Crippen MR) is 87.9 cm³/mol. The van der Waals surface area contributed by atoms with Gasteiger partial charge >= 0.3 is 5.97 Å². The first-order valence-electron chi connectivity index (χ1n) is 7.60. The molecule has 0 saturated carbocycles. The summed E-state index contributed by atoms with van der Waals surface area (Å²) in [5.74, 6) is -0.0817. The van der Waals surface area contributed by atoms with Crippen LogP contribution in [0.25, 0.3) is 0 Å². The van der Waals surface area contributed by atoms with E-state index in [1.165, 1.54) is 36.5 Å². The first-order chi connectivity index (χ1) is 9.31. The number of halogens is 1. The average Bonchev–Trinajstić information content (AvgIpc) is 2.42. The van der Waals surface area contributed by atoms with E-state index in [4.69, 9.17) is 9.47 Å². The van der Waals surface area contributed by atoms with Gasteiger partial charge in [-0.25, -0.2) is 0 Å². The highest BCUT2D eigenvalue weighted by molar-refractivity contribution is 14.1. The molecule has 0 aromatic heterocycles. The molecule has 0 amide bonds. The Balaban J connectivity index is 3.10. The fourth-order valence-corrected chi connectivity index (χ4v) is 2.28. The lowest BCUT2D eigenvalue weighted by Crippen LogP contribution is -2.10. The molecule has 0 unspecified atom stereocenters. The maximum atomic E-state index is 11.3. The van der Waals surface area contributed by atoms with Crippen LogP contribution >= 0.6 is 22.6 Å². The first-order valence-corrected chi connectivity index (χ1v) is 9.13. The highest BCUT2D eigenvalue weighted by Gasteiger charge is 2.01. The number of unbranched alkanes of at least 4 members (excludes halogenated alkanes) is 6. The Morgan fingerprint density at radius 3 is 2.37 bits per heavy atom. The molecule has 114 valence electrons. The summed E-state index contributed by atoms with van der Waals surface area (Å²) in [6, 6.07) is 0. The van der Waals surface area contributed by atoms with Crippen molar-refractivity contribution in [3.8, 4) is 0 Å². The van der Waals surface area contributed by atoms with Gasteiger partial charge in [0.15, 0.2) is 0 Å². The van der Waals surface area contributed by atoms with Crippen molar-refractivity contribution in [3.63, 3.8) is 0 Å². The molecule has 0 heterocycles. The van der Waals surface area contributed by atoms with E-state index >= 15 is 0 Å². The molecule has 0 aromatic carbocycles. The average molecular weight is 384 g/mol. The SMILES string of the molecule is CCCCCCC(=O)OCCOCCCCCCI. The summed E-state index contributed by atoms with van der Waals surface area (Å²) in [5, 5.41) is 0. The van der Waals surface area contributed by atoms with Crippen LogP contribution in [0.2, 0.25) is 0 Å². The van der Waals surface area contributed by atoms with Crippen molar-refractivity contribution >= 4 is 28.6 Å². The molecule has 0 atom stereocenters. The maximum Gasteiger partial charge on any atom is 0.305 e. The Bertz CT molecular complexity index is 198. The lowest BCUT2D eigenvalue weighted by atomic mass is 10.2. The van der Waals surface area contributed by atoms with Gasteiger partial charge in [0, 0.05) is 13.0 Å². The van der Waals surface area contributed by atoms with Crippen LogP contribution in [0.15, 0.2) is 0 Å². The van der Waals surface area contributed by atoms with Crippen molar-refractivity contribution in [1.29, 1.82) is 0 Å². The van der Waals surface area contributed by atoms with Gasteiger partial charge in [0.25, 0.3) is 0 Å². The third-order valence-corrected chi connectivity index (χ3v) is 3.66. The van der Waals surface area contributed by atoms with E-state index in [1.807, 2.05) is 0 Å². The predicted octanol–water partition coefficient (Wildman–Crippen LogP) is 4.51. The molecule has 0 bridgehead atoms. The van der Waals surface area contributed by atoms with Crippen molar-refractivity contribution in [2.24, 2.45) is 0 Å². The second-order valence-electron chi connectivity index (χ2n) is 4.75. The Morgan fingerprint density at radius 1 is 0.895 bits per heavy atom. The normalized spacial score (nSPS) is 10.6. The summed E-state index contributed by atoms with van der Waals surface area (Å²) in [4.78, 5) is 11.3. The lowest BCUT2D eigenvalue weighted by Gasteiger charge is -2.06. The molecule has 19 heavy (non-hydrogen) atoms. The second-order valence-corrected chi connectivity index (χ2v) is 5.83. The van der Waals surface area contributed by atoms with Gasteiger partial charge in [0.05, 0.1) is 6.61 Å². The van der Waals surface area contributed by atoms with Gasteiger partial charge in [0.1, 0.15) is 6.61 Å². The topological polar surface area (TPSA) is 35.5 Å². The van der Waals surface area contributed by atoms with Crippen LogP contribution in [0.4, 0.5) is 0 Å². The van der Waals surface area contributed by atoms with Gasteiger partial charge in [-0.1, -0.05) is 61.6 Å². The molecule has 0 aliphatic heterocycles. The minimum Gasteiger partial charge on any atom is -0.463 e. The van der Waals surface area contributed by atoms with Crippen LogP contribution in [0.3, 0.4) is 0 Å². The van der Waals surface area contributed by atoms with E-state index in [-0.39, 0.29) is 5.97 Å². The third kappa shape index (κ3) is 16.1. The van der Waals surface area contributed by atoms with Gasteiger partial charge < -0.3 is 9.47 Å². The molecule has 0 spiro atoms. The van der Waals surface area contributed by atoms with E-state index in [0.717, 1.165) is 25.9 Å². The highest BCUT2D eigenvalue weighted by atomic mass is 127. The van der Waals surface area contributed by atoms with Crippen LogP contribution in [-0.2, 0) is 14.3 Å². The van der Waals surface area contributed by atoms with E-state index in [1.54, 1.807) is 0 Å². The number of rotatable bonds is 14. The zero-order chi connectivity index (χ0) is 14.2. The zero-order valence-corrected chi connectivity index (χ0v) is 14.5. The molecular weight excluding hydrogens is 355 g/mol. The van der Waals surface area contributed by atoms with Gasteiger partial charge in [-0.05, 0) is 23.7 Å². The molecule has 4 heteroatoms. The zero-order valence-electron chi connectivity index (χ0n) is 12.3. The largest absolute Gasteiger partial charge is 0.463 e. The number of hydrogen-bond donors (Lipinski definition) is 0. The van der Waals surface area contributed by atoms with Crippen molar-refractivity contribution < 1.29 is 14.3 Å². The number of esters is 1. The van der Waals surface area contributed by atoms with Gasteiger partial charge in [0.2, 0.25) is 0 Å². The summed E-state index contributed by atoms with van der Waals surface area (Å²) >= 11 is 2.41. The molecule has 0 saturated heterocycles. The van der Waals surface area contributed by atoms with Crippen molar-refractivity contribution in [2.45, 2.75) is 64.7 Å². The second kappa shape index (κ2) is 16.2. The smallest absolute Gasteiger partial charge is 0.305 e. The highest BCUT2D eigenvalue weighted by Crippen LogP contribution is 2.04. The molecule has 0 aromatic rings. The summed E-state index contributed by atoms with van der Waals surface area (Å²) in [7, 11) is 0. The maximum absolute atomic E-state index is 11.3. The minimum atomic E-state index is -0.0817. The Kier molecular flexibility index (Phi) is 16.4. The van der Waals surface area contributed by atoms with Crippen LogP contribution in [0.5, 0.6) is 0 Å². The molecule has 0 aliphatic rings. The summed E-state index contributed by atoms with van der Waals surface area (Å²) in [6.45, 7) is 3.89. The van der Waals surface area contributed by atoms with Crippen molar-refractivity contribution in [2.75, 3.05) is 24.2 Å². The number of alkyl halides is 1. The third-order valence-electron chi connectivity index (χ3n) is 2.90. The van der Waals surface area contributed by atoms with Crippen molar-refractivity contribution in [1.82, 2.24) is 0 Å². The molecule has 0 aliphatic carbocycles. The van der Waals surface area contributed by atoms with Crippen LogP contribution in [-0.4, -0.2) is 30.2 Å². The summed E-state index contributed by atoms with van der Waals surface area (Å²) < 4.78 is 11.8. The van der Waals surface area contributed by atoms with Crippen LogP contribution in [0.1, 0.15) is 64.7 Å². The molecular formula is C15H29IO3. The molecule has 3 nitrogen and oxygen atoms in total. The first kappa shape index (κ1) is 19.2. The van der Waals surface area contributed by atoms with Gasteiger partial charge in [-0.3, -0.25) is 4.79 Å². The van der Waals surface area contributed by atoms with E-state index in [9.17, 15) is 4.79 Å². The van der Waals surface area contributed by atoms with E-state index in [2.05, 4.69) is 29.5 Å². The number of ether oxygens (including phenoxy) is 2. The van der Waals surface area contributed by atoms with Crippen LogP contribution < -0.4 is 0 Å². The molecule has 0 rings (SSSR count). The Labute approximate surface area is 131 Å². The summed E-state index contributed by atoms with van der Waals surface area (Å²) in [6.07, 6.45) is 9.96. The summed E-state index contributed by atoms with van der Waals surface area (Å²) in [5.41, 5.74) is 0. The minimum absolute atomic E-state index is 0.0817. The number of carbonyl (C=O) groups is 1. The van der Waals surface area contributed by atoms with E-state index < -0.39 is 0 Å². The molecule has 0 radical (unpaired) electrons. The fourth-order valence-electron chi connectivity index (χ4n) is 1.74. The molecule has 0 fully saturated rings. The van der Waals surface area contributed by atoms with Crippen LogP contribution in [0, 0.1) is 0 Å². The Morgan fingerprint density at radius 2 is 1.63 bits per heavy atom. The Hall–Kier alpha value is 0.160. The number of carbonyl (C=O) groups excluding carboxylic acids is 1. The fraction of sp³-hybridized carbons (Fsp3) is 0.933. The van der Waals surface area contributed by atoms with Gasteiger partial charge in [-0.15, -0.1) is 0 Å².